The van der Waals surface area contributed by atoms with Gasteiger partial charge in [-0.1, -0.05) is 5.16 Å². The summed E-state index contributed by atoms with van der Waals surface area (Å²) in [6.45, 7) is 3.85. The van der Waals surface area contributed by atoms with Crippen LogP contribution in [0.5, 0.6) is 5.75 Å². The zero-order chi connectivity index (χ0) is 13.7. The highest BCUT2D eigenvalue weighted by atomic mass is 16.5. The smallest absolute Gasteiger partial charge is 0.171 e. The van der Waals surface area contributed by atoms with Crippen LogP contribution in [0.2, 0.25) is 0 Å². The fourth-order valence-electron chi connectivity index (χ4n) is 2.16. The molecule has 2 heterocycles. The molecule has 0 aliphatic carbocycles. The van der Waals surface area contributed by atoms with Crippen molar-refractivity contribution < 1.29 is 9.94 Å². The Kier molecular flexibility index (Phi) is 4.40. The van der Waals surface area contributed by atoms with Crippen LogP contribution < -0.4 is 15.4 Å². The number of oxime groups is 1. The number of hydrogen-bond donors (Lipinski definition) is 2. The molecule has 0 atom stereocenters. The van der Waals surface area contributed by atoms with Crippen molar-refractivity contribution >= 4 is 11.7 Å². The molecule has 1 aliphatic heterocycles. The zero-order valence-electron chi connectivity index (χ0n) is 11.0. The second kappa shape index (κ2) is 6.24. The van der Waals surface area contributed by atoms with Crippen LogP contribution in [0.3, 0.4) is 0 Å². The van der Waals surface area contributed by atoms with Gasteiger partial charge < -0.3 is 20.6 Å². The Bertz CT molecular complexity index is 444. The minimum absolute atomic E-state index is 0.240. The Morgan fingerprint density at radius 2 is 2.21 bits per heavy atom. The predicted octanol–water partition coefficient (Wildman–Crippen LogP) is -0.0414. The minimum atomic E-state index is 0.240. The summed E-state index contributed by atoms with van der Waals surface area (Å²) in [4.78, 5) is 8.69. The molecule has 0 aromatic carbocycles. The first-order valence-electron chi connectivity index (χ1n) is 6.17. The summed E-state index contributed by atoms with van der Waals surface area (Å²) in [7, 11) is 1.65. The molecular weight excluding hydrogens is 246 g/mol. The van der Waals surface area contributed by atoms with Crippen molar-refractivity contribution in [3.8, 4) is 5.75 Å². The molecule has 1 fully saturated rings. The van der Waals surface area contributed by atoms with Gasteiger partial charge in [0, 0.05) is 32.4 Å². The van der Waals surface area contributed by atoms with Gasteiger partial charge in [0.15, 0.2) is 17.4 Å². The van der Waals surface area contributed by atoms with E-state index in [1.165, 1.54) is 0 Å². The second-order valence-electron chi connectivity index (χ2n) is 4.38. The van der Waals surface area contributed by atoms with Crippen LogP contribution in [0, 0.1) is 0 Å². The number of anilines is 1. The number of hydrogen-bond acceptors (Lipinski definition) is 6. The largest absolute Gasteiger partial charge is 0.493 e. The molecular formula is C12H19N5O2. The van der Waals surface area contributed by atoms with E-state index in [9.17, 15) is 0 Å². The molecule has 0 amide bonds. The third-order valence-corrected chi connectivity index (χ3v) is 3.16. The normalized spacial score (nSPS) is 17.5. The second-order valence-corrected chi connectivity index (χ2v) is 4.38. The molecule has 0 unspecified atom stereocenters. The number of aromatic nitrogens is 1. The van der Waals surface area contributed by atoms with Crippen molar-refractivity contribution in [2.24, 2.45) is 10.9 Å². The van der Waals surface area contributed by atoms with Crippen molar-refractivity contribution in [1.29, 1.82) is 0 Å². The fraction of sp³-hybridized carbons (Fsp3) is 0.500. The van der Waals surface area contributed by atoms with Gasteiger partial charge in [-0.3, -0.25) is 4.90 Å². The van der Waals surface area contributed by atoms with Gasteiger partial charge in [-0.15, -0.1) is 0 Å². The third kappa shape index (κ3) is 3.25. The minimum Gasteiger partial charge on any atom is -0.493 e. The first kappa shape index (κ1) is 13.4. The zero-order valence-corrected chi connectivity index (χ0v) is 11.0. The molecule has 3 N–H and O–H groups in total. The van der Waals surface area contributed by atoms with Gasteiger partial charge in [-0.05, 0) is 12.1 Å². The monoisotopic (exact) mass is 265 g/mol. The van der Waals surface area contributed by atoms with Crippen molar-refractivity contribution in [3.05, 3.63) is 18.3 Å². The molecule has 0 bridgehead atoms. The number of nitrogens with zero attached hydrogens (tertiary/aromatic N) is 4. The summed E-state index contributed by atoms with van der Waals surface area (Å²) in [5, 5.41) is 11.6. The van der Waals surface area contributed by atoms with Gasteiger partial charge in [0.1, 0.15) is 0 Å². The SMILES string of the molecule is COc1cccnc1N1CCN(C/C(N)=N/O)CC1. The number of piperazine rings is 1. The van der Waals surface area contributed by atoms with E-state index in [-0.39, 0.29) is 5.84 Å². The molecule has 19 heavy (non-hydrogen) atoms. The summed E-state index contributed by atoms with van der Waals surface area (Å²) in [6, 6.07) is 3.77. The lowest BCUT2D eigenvalue weighted by molar-refractivity contribution is 0.277. The van der Waals surface area contributed by atoms with Crippen LogP contribution in [-0.4, -0.2) is 60.8 Å². The molecule has 1 aliphatic rings. The highest BCUT2D eigenvalue weighted by Gasteiger charge is 2.20. The Labute approximate surface area is 112 Å². The van der Waals surface area contributed by atoms with E-state index in [1.807, 2.05) is 12.1 Å². The Hall–Kier alpha value is -2.02. The molecule has 7 nitrogen and oxygen atoms in total. The maximum Gasteiger partial charge on any atom is 0.171 e. The predicted molar refractivity (Wildman–Crippen MR) is 72.9 cm³/mol. The molecule has 1 aromatic heterocycles. The summed E-state index contributed by atoms with van der Waals surface area (Å²) < 4.78 is 5.32. The van der Waals surface area contributed by atoms with E-state index in [0.29, 0.717) is 6.54 Å². The van der Waals surface area contributed by atoms with E-state index in [2.05, 4.69) is 19.9 Å². The van der Waals surface area contributed by atoms with Gasteiger partial charge in [-0.25, -0.2) is 4.98 Å². The number of ether oxygens (including phenoxy) is 1. The molecule has 0 radical (unpaired) electrons. The standard InChI is InChI=1S/C12H19N5O2/c1-19-10-3-2-4-14-12(10)17-7-5-16(6-8-17)9-11(13)15-18/h2-4,18H,5-9H2,1H3,(H2,13,15). The quantitative estimate of drug-likeness (QED) is 0.344. The van der Waals surface area contributed by atoms with Crippen molar-refractivity contribution in [2.75, 3.05) is 44.7 Å². The molecule has 7 heteroatoms. The number of amidine groups is 1. The van der Waals surface area contributed by atoms with Crippen molar-refractivity contribution in [1.82, 2.24) is 9.88 Å². The molecule has 2 rings (SSSR count). The van der Waals surface area contributed by atoms with Crippen LogP contribution in [0.25, 0.3) is 0 Å². The lowest BCUT2D eigenvalue weighted by atomic mass is 10.3. The highest BCUT2D eigenvalue weighted by Crippen LogP contribution is 2.25. The van der Waals surface area contributed by atoms with Crippen LogP contribution in [0.1, 0.15) is 0 Å². The Balaban J connectivity index is 1.96. The van der Waals surface area contributed by atoms with Gasteiger partial charge in [0.25, 0.3) is 0 Å². The van der Waals surface area contributed by atoms with Gasteiger partial charge in [-0.2, -0.15) is 0 Å². The maximum atomic E-state index is 8.56. The topological polar surface area (TPSA) is 87.2 Å². The van der Waals surface area contributed by atoms with E-state index in [4.69, 9.17) is 15.7 Å². The van der Waals surface area contributed by atoms with Crippen LogP contribution >= 0.6 is 0 Å². The summed E-state index contributed by atoms with van der Waals surface area (Å²) in [5.41, 5.74) is 5.51. The van der Waals surface area contributed by atoms with Crippen LogP contribution in [0.4, 0.5) is 5.82 Å². The lowest BCUT2D eigenvalue weighted by Crippen LogP contribution is -2.49. The summed E-state index contributed by atoms with van der Waals surface area (Å²) in [6.07, 6.45) is 1.76. The number of rotatable bonds is 4. The third-order valence-electron chi connectivity index (χ3n) is 3.16. The Morgan fingerprint density at radius 1 is 1.47 bits per heavy atom. The average Bonchev–Trinajstić information content (AvgIpc) is 2.48. The van der Waals surface area contributed by atoms with Crippen LogP contribution in [0.15, 0.2) is 23.5 Å². The van der Waals surface area contributed by atoms with Crippen molar-refractivity contribution in [3.63, 3.8) is 0 Å². The van der Waals surface area contributed by atoms with Gasteiger partial charge >= 0.3 is 0 Å². The van der Waals surface area contributed by atoms with E-state index in [1.54, 1.807) is 13.3 Å². The average molecular weight is 265 g/mol. The first-order chi connectivity index (χ1) is 9.24. The van der Waals surface area contributed by atoms with E-state index < -0.39 is 0 Å². The lowest BCUT2D eigenvalue weighted by Gasteiger charge is -2.35. The van der Waals surface area contributed by atoms with E-state index >= 15 is 0 Å². The summed E-state index contributed by atoms with van der Waals surface area (Å²) in [5.74, 6) is 1.89. The number of nitrogens with two attached hydrogens (primary N) is 1. The van der Waals surface area contributed by atoms with Crippen LogP contribution in [-0.2, 0) is 0 Å². The molecule has 0 spiro atoms. The number of pyridine rings is 1. The van der Waals surface area contributed by atoms with Gasteiger partial charge in [0.2, 0.25) is 0 Å². The first-order valence-corrected chi connectivity index (χ1v) is 6.17. The molecule has 1 saturated heterocycles. The summed E-state index contributed by atoms with van der Waals surface area (Å²) >= 11 is 0. The van der Waals surface area contributed by atoms with Crippen molar-refractivity contribution in [2.45, 2.75) is 0 Å². The fourth-order valence-corrected chi connectivity index (χ4v) is 2.16. The molecule has 0 saturated carbocycles. The van der Waals surface area contributed by atoms with Gasteiger partial charge in [0.05, 0.1) is 13.7 Å². The van der Waals surface area contributed by atoms with E-state index in [0.717, 1.165) is 37.7 Å². The molecule has 104 valence electrons. The number of methoxy groups -OCH3 is 1. The molecule has 1 aromatic rings. The highest BCUT2D eigenvalue weighted by molar-refractivity contribution is 5.81. The maximum absolute atomic E-state index is 8.56. The Morgan fingerprint density at radius 3 is 2.84 bits per heavy atom.